The molecule has 0 N–H and O–H groups in total. The summed E-state index contributed by atoms with van der Waals surface area (Å²) in [4.78, 5) is 38.8. The van der Waals surface area contributed by atoms with Crippen molar-refractivity contribution in [1.29, 1.82) is 0 Å². The molecule has 166 valence electrons. The second-order valence-electron chi connectivity index (χ2n) is 7.08. The van der Waals surface area contributed by atoms with E-state index in [1.54, 1.807) is 25.3 Å². The lowest BCUT2D eigenvalue weighted by molar-refractivity contribution is -0.122. The van der Waals surface area contributed by atoms with Crippen LogP contribution in [0.25, 0.3) is 0 Å². The summed E-state index contributed by atoms with van der Waals surface area (Å²) in [5, 5.41) is 1.65. The molecule has 2 heterocycles. The molecule has 0 aliphatic carbocycles. The van der Waals surface area contributed by atoms with Gasteiger partial charge in [0.05, 0.1) is 24.3 Å². The Morgan fingerprint density at radius 2 is 1.90 bits per heavy atom. The van der Waals surface area contributed by atoms with E-state index in [1.165, 1.54) is 30.3 Å². The van der Waals surface area contributed by atoms with Crippen molar-refractivity contribution in [2.45, 2.75) is 49.9 Å². The normalized spacial score (nSPS) is 17.9. The van der Waals surface area contributed by atoms with Gasteiger partial charge in [0, 0.05) is 6.04 Å². The van der Waals surface area contributed by atoms with E-state index in [4.69, 9.17) is 4.74 Å². The highest BCUT2D eigenvalue weighted by atomic mass is 32.2. The smallest absolute Gasteiger partial charge is 0.338 e. The first-order valence-corrected chi connectivity index (χ1v) is 12.2. The molecule has 0 spiro atoms. The number of imide groups is 1. The molecule has 0 bridgehead atoms. The van der Waals surface area contributed by atoms with Crippen LogP contribution in [0.5, 0.6) is 0 Å². The van der Waals surface area contributed by atoms with Crippen molar-refractivity contribution in [2.75, 3.05) is 11.5 Å². The first-order valence-electron chi connectivity index (χ1n) is 9.93. The highest BCUT2D eigenvalue weighted by molar-refractivity contribution is 7.91. The van der Waals surface area contributed by atoms with Gasteiger partial charge in [0.2, 0.25) is 5.91 Å². The Morgan fingerprint density at radius 1 is 1.23 bits per heavy atom. The van der Waals surface area contributed by atoms with Crippen LogP contribution in [-0.4, -0.2) is 49.2 Å². The number of carbonyl (C=O) groups is 3. The zero-order chi connectivity index (χ0) is 22.8. The third-order valence-corrected chi connectivity index (χ3v) is 8.51. The largest absolute Gasteiger partial charge is 0.462 e. The van der Waals surface area contributed by atoms with Gasteiger partial charge in [0.15, 0.2) is 0 Å². The molecule has 2 amide bonds. The third-order valence-electron chi connectivity index (χ3n) is 5.12. The maximum Gasteiger partial charge on any atom is 0.338 e. The molecule has 0 radical (unpaired) electrons. The van der Waals surface area contributed by atoms with Crippen LogP contribution in [-0.2, 0) is 24.3 Å². The predicted molar refractivity (Wildman–Crippen MR) is 116 cm³/mol. The molecule has 10 heteroatoms. The fourth-order valence-corrected chi connectivity index (χ4v) is 6.39. The minimum atomic E-state index is -3.95. The molecule has 2 unspecified atom stereocenters. The highest BCUT2D eigenvalue weighted by Crippen LogP contribution is 2.32. The summed E-state index contributed by atoms with van der Waals surface area (Å²) in [6, 6.07) is 7.41. The van der Waals surface area contributed by atoms with Crippen LogP contribution < -0.4 is 4.90 Å². The molecule has 8 nitrogen and oxygen atoms in total. The zero-order valence-corrected chi connectivity index (χ0v) is 19.1. The molecule has 1 aromatic heterocycles. The van der Waals surface area contributed by atoms with E-state index < -0.39 is 39.9 Å². The van der Waals surface area contributed by atoms with E-state index in [-0.39, 0.29) is 22.9 Å². The zero-order valence-electron chi connectivity index (χ0n) is 17.5. The van der Waals surface area contributed by atoms with Crippen molar-refractivity contribution in [3.8, 4) is 0 Å². The van der Waals surface area contributed by atoms with Gasteiger partial charge in [-0.3, -0.25) is 9.59 Å². The Kier molecular flexibility index (Phi) is 6.93. The van der Waals surface area contributed by atoms with Crippen LogP contribution in [0.2, 0.25) is 0 Å². The van der Waals surface area contributed by atoms with E-state index in [2.05, 4.69) is 0 Å². The van der Waals surface area contributed by atoms with E-state index >= 15 is 0 Å². The van der Waals surface area contributed by atoms with Crippen molar-refractivity contribution in [3.05, 3.63) is 47.3 Å². The van der Waals surface area contributed by atoms with Crippen LogP contribution >= 0.6 is 11.3 Å². The number of esters is 1. The van der Waals surface area contributed by atoms with Gasteiger partial charge in [-0.05, 0) is 56.0 Å². The van der Waals surface area contributed by atoms with Gasteiger partial charge in [-0.1, -0.05) is 13.0 Å². The average molecular weight is 465 g/mol. The minimum absolute atomic E-state index is 0.130. The van der Waals surface area contributed by atoms with E-state index in [0.29, 0.717) is 12.0 Å². The SMILES string of the molecule is CCOC(=O)c1ccc(N2C(=O)CC(N(C(C)CC)S(=O)(=O)c3cccs3)C2=O)cc1. The Hall–Kier alpha value is -2.56. The van der Waals surface area contributed by atoms with Gasteiger partial charge in [0.25, 0.3) is 15.9 Å². The van der Waals surface area contributed by atoms with Gasteiger partial charge < -0.3 is 4.74 Å². The van der Waals surface area contributed by atoms with Crippen LogP contribution in [0.4, 0.5) is 5.69 Å². The summed E-state index contributed by atoms with van der Waals surface area (Å²) in [6.07, 6.45) is 0.240. The fourth-order valence-electron chi connectivity index (χ4n) is 3.45. The number of hydrogen-bond donors (Lipinski definition) is 0. The second-order valence-corrected chi connectivity index (χ2v) is 10.1. The minimum Gasteiger partial charge on any atom is -0.462 e. The molecule has 1 aliphatic heterocycles. The Bertz CT molecular complexity index is 1060. The quantitative estimate of drug-likeness (QED) is 0.440. The number of anilines is 1. The summed E-state index contributed by atoms with van der Waals surface area (Å²) in [5.74, 6) is -1.60. The molecule has 2 aromatic rings. The van der Waals surface area contributed by atoms with Gasteiger partial charge >= 0.3 is 5.97 Å². The number of amides is 2. The molecule has 1 aromatic carbocycles. The summed E-state index contributed by atoms with van der Waals surface area (Å²) in [6.45, 7) is 5.48. The average Bonchev–Trinajstić information content (AvgIpc) is 3.38. The summed E-state index contributed by atoms with van der Waals surface area (Å²) in [5.41, 5.74) is 0.575. The lowest BCUT2D eigenvalue weighted by Crippen LogP contribution is -2.49. The lowest BCUT2D eigenvalue weighted by atomic mass is 10.2. The molecule has 1 fully saturated rings. The maximum atomic E-state index is 13.3. The Labute approximate surface area is 185 Å². The van der Waals surface area contributed by atoms with E-state index in [9.17, 15) is 22.8 Å². The Balaban J connectivity index is 1.93. The number of benzene rings is 1. The molecule has 1 saturated heterocycles. The highest BCUT2D eigenvalue weighted by Gasteiger charge is 2.48. The molecule has 3 rings (SSSR count). The predicted octanol–water partition coefficient (Wildman–Crippen LogP) is 3.05. The molecular weight excluding hydrogens is 440 g/mol. The summed E-state index contributed by atoms with van der Waals surface area (Å²) < 4.78 is 32.7. The van der Waals surface area contributed by atoms with E-state index in [0.717, 1.165) is 20.5 Å². The van der Waals surface area contributed by atoms with Crippen molar-refractivity contribution >= 4 is 44.8 Å². The summed E-state index contributed by atoms with van der Waals surface area (Å²) >= 11 is 1.07. The Morgan fingerprint density at radius 3 is 2.45 bits per heavy atom. The number of nitrogens with zero attached hydrogens (tertiary/aromatic N) is 2. The van der Waals surface area contributed by atoms with Gasteiger partial charge in [0.1, 0.15) is 10.3 Å². The topological polar surface area (TPSA) is 101 Å². The van der Waals surface area contributed by atoms with Crippen LogP contribution in [0, 0.1) is 0 Å². The van der Waals surface area contributed by atoms with Crippen molar-refractivity contribution in [1.82, 2.24) is 4.31 Å². The summed E-state index contributed by atoms with van der Waals surface area (Å²) in [7, 11) is -3.95. The first-order chi connectivity index (χ1) is 14.7. The number of ether oxygens (including phenoxy) is 1. The molecule has 2 atom stereocenters. The number of thiophene rings is 1. The third kappa shape index (κ3) is 4.41. The van der Waals surface area contributed by atoms with Crippen LogP contribution in [0.1, 0.15) is 44.0 Å². The van der Waals surface area contributed by atoms with Gasteiger partial charge in [-0.15, -0.1) is 11.3 Å². The molecular formula is C21H24N2O6S2. The van der Waals surface area contributed by atoms with Gasteiger partial charge in [-0.2, -0.15) is 4.31 Å². The maximum absolute atomic E-state index is 13.3. The molecule has 1 aliphatic rings. The monoisotopic (exact) mass is 464 g/mol. The van der Waals surface area contributed by atoms with Crippen molar-refractivity contribution in [2.24, 2.45) is 0 Å². The van der Waals surface area contributed by atoms with E-state index in [1.807, 2.05) is 6.92 Å². The van der Waals surface area contributed by atoms with Crippen molar-refractivity contribution in [3.63, 3.8) is 0 Å². The number of hydrogen-bond acceptors (Lipinski definition) is 7. The van der Waals surface area contributed by atoms with Gasteiger partial charge in [-0.25, -0.2) is 18.1 Å². The van der Waals surface area contributed by atoms with Crippen LogP contribution in [0.3, 0.4) is 0 Å². The van der Waals surface area contributed by atoms with Crippen LogP contribution in [0.15, 0.2) is 46.0 Å². The standard InChI is InChI=1S/C21H24N2O6S2/c1-4-14(3)23(31(27,28)19-7-6-12-30-19)17-13-18(24)22(20(17)25)16-10-8-15(9-11-16)21(26)29-5-2/h6-12,14,17H,4-5,13H2,1-3H3. The number of sulfonamides is 1. The molecule has 31 heavy (non-hydrogen) atoms. The second kappa shape index (κ2) is 9.29. The van der Waals surface area contributed by atoms with Crippen molar-refractivity contribution < 1.29 is 27.5 Å². The first kappa shape index (κ1) is 23.1. The fraction of sp³-hybridized carbons (Fsp3) is 0.381. The molecule has 0 saturated carbocycles. The number of rotatable bonds is 8. The number of carbonyl (C=O) groups excluding carboxylic acids is 3. The lowest BCUT2D eigenvalue weighted by Gasteiger charge is -2.31.